The van der Waals surface area contributed by atoms with Crippen molar-refractivity contribution in [1.29, 1.82) is 5.26 Å². The van der Waals surface area contributed by atoms with Crippen LogP contribution < -0.4 is 0 Å². The average Bonchev–Trinajstić information content (AvgIpc) is 2.25. The van der Waals surface area contributed by atoms with Crippen molar-refractivity contribution in [2.45, 2.75) is 0 Å². The summed E-state index contributed by atoms with van der Waals surface area (Å²) in [4.78, 5) is 10.1. The van der Waals surface area contributed by atoms with Gasteiger partial charge in [-0.05, 0) is 11.6 Å². The Labute approximate surface area is 95.1 Å². The summed E-state index contributed by atoms with van der Waals surface area (Å²) < 4.78 is 0. The highest BCUT2D eigenvalue weighted by Gasteiger charge is 2.12. The lowest BCUT2D eigenvalue weighted by Crippen LogP contribution is -1.92. The molecule has 4 nitrogen and oxygen atoms in total. The lowest BCUT2D eigenvalue weighted by Gasteiger charge is -1.96. The third-order valence-electron chi connectivity index (χ3n) is 1.74. The van der Waals surface area contributed by atoms with Crippen LogP contribution in [0.2, 0.25) is 0 Å². The number of nitriles is 1. The summed E-state index contributed by atoms with van der Waals surface area (Å²) in [5, 5.41) is 20.0. The number of alkyl halides is 1. The summed E-state index contributed by atoms with van der Waals surface area (Å²) in [6.07, 6.45) is 3.58. The number of hydrogen-bond donors (Lipinski definition) is 0. The van der Waals surface area contributed by atoms with E-state index in [1.807, 2.05) is 6.08 Å². The van der Waals surface area contributed by atoms with Gasteiger partial charge in [0.05, 0.1) is 4.92 Å². The molecule has 0 aromatic heterocycles. The van der Waals surface area contributed by atoms with Gasteiger partial charge in [0.25, 0.3) is 5.69 Å². The fraction of sp³-hybridized carbons (Fsp3) is 0.100. The molecule has 0 unspecified atom stereocenters. The number of nitro groups is 1. The summed E-state index contributed by atoms with van der Waals surface area (Å²) in [5.41, 5.74) is 0.630. The van der Waals surface area contributed by atoms with Crippen molar-refractivity contribution in [3.05, 3.63) is 45.5 Å². The largest absolute Gasteiger partial charge is 0.287 e. The lowest BCUT2D eigenvalue weighted by atomic mass is 10.1. The highest BCUT2D eigenvalue weighted by molar-refractivity contribution is 9.09. The van der Waals surface area contributed by atoms with Gasteiger partial charge in [-0.15, -0.1) is 0 Å². The molecule has 0 N–H and O–H groups in total. The molecule has 0 saturated heterocycles. The molecule has 0 aliphatic rings. The molecule has 5 heteroatoms. The summed E-state index contributed by atoms with van der Waals surface area (Å²) in [5.74, 6) is 0. The summed E-state index contributed by atoms with van der Waals surface area (Å²) >= 11 is 3.21. The van der Waals surface area contributed by atoms with Gasteiger partial charge in [0.2, 0.25) is 0 Å². The zero-order valence-corrected chi connectivity index (χ0v) is 9.27. The van der Waals surface area contributed by atoms with E-state index in [-0.39, 0.29) is 11.3 Å². The standard InChI is InChI=1S/C10H7BrN2O2/c11-5-1-2-8-3-4-9(7-12)10(6-8)13(14)15/h1-4,6H,5H2. The molecule has 0 aliphatic carbocycles. The predicted molar refractivity (Wildman–Crippen MR) is 60.6 cm³/mol. The van der Waals surface area contributed by atoms with Crippen molar-refractivity contribution >= 4 is 27.7 Å². The maximum atomic E-state index is 10.6. The molecule has 1 aromatic rings. The smallest absolute Gasteiger partial charge is 0.258 e. The number of benzene rings is 1. The Kier molecular flexibility index (Phi) is 4.01. The van der Waals surface area contributed by atoms with Crippen LogP contribution in [0, 0.1) is 21.4 Å². The molecule has 0 spiro atoms. The highest BCUT2D eigenvalue weighted by Crippen LogP contribution is 2.20. The summed E-state index contributed by atoms with van der Waals surface area (Å²) in [7, 11) is 0. The topological polar surface area (TPSA) is 66.9 Å². The van der Waals surface area contributed by atoms with Crippen LogP contribution in [0.4, 0.5) is 5.69 Å². The third-order valence-corrected chi connectivity index (χ3v) is 2.11. The number of halogens is 1. The van der Waals surface area contributed by atoms with Crippen molar-refractivity contribution < 1.29 is 4.92 Å². The normalized spacial score (nSPS) is 10.1. The van der Waals surface area contributed by atoms with Crippen LogP contribution in [-0.2, 0) is 0 Å². The zero-order chi connectivity index (χ0) is 11.3. The van der Waals surface area contributed by atoms with E-state index in [4.69, 9.17) is 5.26 Å². The molecule has 0 fully saturated rings. The second-order valence-electron chi connectivity index (χ2n) is 2.70. The van der Waals surface area contributed by atoms with Crippen molar-refractivity contribution in [2.75, 3.05) is 5.33 Å². The van der Waals surface area contributed by atoms with E-state index in [0.717, 1.165) is 0 Å². The minimum Gasteiger partial charge on any atom is -0.258 e. The van der Waals surface area contributed by atoms with Crippen LogP contribution in [0.25, 0.3) is 6.08 Å². The molecule has 0 saturated carbocycles. The zero-order valence-electron chi connectivity index (χ0n) is 7.68. The molecule has 0 amide bonds. The first-order chi connectivity index (χ1) is 7.19. The van der Waals surface area contributed by atoms with Crippen molar-refractivity contribution in [3.8, 4) is 6.07 Å². The molecule has 1 aromatic carbocycles. The summed E-state index contributed by atoms with van der Waals surface area (Å²) in [6, 6.07) is 6.29. The molecule has 0 bridgehead atoms. The first kappa shape index (κ1) is 11.4. The predicted octanol–water partition coefficient (Wildman–Crippen LogP) is 2.87. The van der Waals surface area contributed by atoms with E-state index >= 15 is 0 Å². The molecule has 15 heavy (non-hydrogen) atoms. The fourth-order valence-electron chi connectivity index (χ4n) is 1.08. The molecule has 76 valence electrons. The Morgan fingerprint density at radius 3 is 2.87 bits per heavy atom. The Morgan fingerprint density at radius 1 is 1.60 bits per heavy atom. The van der Waals surface area contributed by atoms with Gasteiger partial charge in [-0.3, -0.25) is 10.1 Å². The van der Waals surface area contributed by atoms with Crippen molar-refractivity contribution in [3.63, 3.8) is 0 Å². The van der Waals surface area contributed by atoms with Gasteiger partial charge < -0.3 is 0 Å². The molecule has 1 rings (SSSR count). The first-order valence-electron chi connectivity index (χ1n) is 4.10. The molecular weight excluding hydrogens is 260 g/mol. The van der Waals surface area contributed by atoms with E-state index in [1.165, 1.54) is 12.1 Å². The maximum Gasteiger partial charge on any atom is 0.287 e. The van der Waals surface area contributed by atoms with E-state index in [0.29, 0.717) is 10.9 Å². The number of nitro benzene ring substituents is 1. The Bertz CT molecular complexity index is 449. The van der Waals surface area contributed by atoms with E-state index in [9.17, 15) is 10.1 Å². The fourth-order valence-corrected chi connectivity index (χ4v) is 1.27. The quantitative estimate of drug-likeness (QED) is 0.480. The summed E-state index contributed by atoms with van der Waals surface area (Å²) in [6.45, 7) is 0. The average molecular weight is 267 g/mol. The van der Waals surface area contributed by atoms with E-state index in [1.54, 1.807) is 18.2 Å². The molecule has 0 radical (unpaired) electrons. The monoisotopic (exact) mass is 266 g/mol. The van der Waals surface area contributed by atoms with E-state index < -0.39 is 4.92 Å². The minimum atomic E-state index is -0.552. The van der Waals surface area contributed by atoms with Crippen LogP contribution in [-0.4, -0.2) is 10.3 Å². The van der Waals surface area contributed by atoms with Gasteiger partial charge in [0, 0.05) is 11.4 Å². The number of rotatable bonds is 3. The number of hydrogen-bond acceptors (Lipinski definition) is 3. The van der Waals surface area contributed by atoms with Gasteiger partial charge in [-0.2, -0.15) is 5.26 Å². The molecular formula is C10H7BrN2O2. The van der Waals surface area contributed by atoms with Crippen LogP contribution in [0.1, 0.15) is 11.1 Å². The third kappa shape index (κ3) is 2.89. The second-order valence-corrected chi connectivity index (χ2v) is 3.35. The Morgan fingerprint density at radius 2 is 2.33 bits per heavy atom. The van der Waals surface area contributed by atoms with Crippen molar-refractivity contribution in [2.24, 2.45) is 0 Å². The van der Waals surface area contributed by atoms with Crippen LogP contribution >= 0.6 is 15.9 Å². The lowest BCUT2D eigenvalue weighted by molar-refractivity contribution is -0.385. The molecule has 0 aliphatic heterocycles. The van der Waals surface area contributed by atoms with Crippen LogP contribution in [0.5, 0.6) is 0 Å². The number of allylic oxidation sites excluding steroid dienone is 1. The SMILES string of the molecule is N#Cc1ccc(C=CCBr)cc1[N+](=O)[O-]. The van der Waals surface area contributed by atoms with Gasteiger partial charge in [-0.25, -0.2) is 0 Å². The second kappa shape index (κ2) is 5.27. The minimum absolute atomic E-state index is 0.0796. The van der Waals surface area contributed by atoms with Gasteiger partial charge >= 0.3 is 0 Å². The van der Waals surface area contributed by atoms with E-state index in [2.05, 4.69) is 15.9 Å². The Hall–Kier alpha value is -1.67. The van der Waals surface area contributed by atoms with Crippen LogP contribution in [0.15, 0.2) is 24.3 Å². The van der Waals surface area contributed by atoms with Gasteiger partial charge in [0.1, 0.15) is 11.6 Å². The molecule has 0 atom stereocenters. The number of nitrogens with zero attached hydrogens (tertiary/aromatic N) is 2. The Balaban J connectivity index is 3.17. The van der Waals surface area contributed by atoms with Gasteiger partial charge in [-0.1, -0.05) is 34.1 Å². The van der Waals surface area contributed by atoms with Crippen LogP contribution in [0.3, 0.4) is 0 Å². The highest BCUT2D eigenvalue weighted by atomic mass is 79.9. The van der Waals surface area contributed by atoms with Crippen molar-refractivity contribution in [1.82, 2.24) is 0 Å². The maximum absolute atomic E-state index is 10.6. The molecule has 0 heterocycles. The first-order valence-corrected chi connectivity index (χ1v) is 5.22. The van der Waals surface area contributed by atoms with Gasteiger partial charge in [0.15, 0.2) is 0 Å².